The van der Waals surface area contributed by atoms with Crippen LogP contribution in [-0.4, -0.2) is 28.6 Å². The molecule has 3 aromatic rings. The van der Waals surface area contributed by atoms with Gasteiger partial charge in [-0.2, -0.15) is 0 Å². The largest absolute Gasteiger partial charge is 0.463 e. The first kappa shape index (κ1) is 15.2. The van der Waals surface area contributed by atoms with Crippen LogP contribution in [0.3, 0.4) is 0 Å². The molecule has 0 saturated carbocycles. The number of amides is 1. The van der Waals surface area contributed by atoms with Gasteiger partial charge in [0.15, 0.2) is 5.76 Å². The molecule has 0 saturated heterocycles. The van der Waals surface area contributed by atoms with Crippen LogP contribution in [0.25, 0.3) is 22.4 Å². The van der Waals surface area contributed by atoms with Gasteiger partial charge in [-0.3, -0.25) is 4.79 Å². The fraction of sp³-hybridized carbons (Fsp3) is 0.222. The van der Waals surface area contributed by atoms with Gasteiger partial charge in [-0.1, -0.05) is 18.2 Å². The number of aliphatic hydroxyl groups is 1. The third-order valence-electron chi connectivity index (χ3n) is 3.67. The van der Waals surface area contributed by atoms with E-state index in [1.165, 1.54) is 0 Å². The van der Waals surface area contributed by atoms with Gasteiger partial charge >= 0.3 is 0 Å². The fourth-order valence-electron chi connectivity index (χ4n) is 2.48. The molecule has 5 nitrogen and oxygen atoms in total. The minimum absolute atomic E-state index is 0.0379. The number of benzene rings is 1. The van der Waals surface area contributed by atoms with Crippen molar-refractivity contribution in [2.45, 2.75) is 19.4 Å². The second-order valence-electron chi connectivity index (χ2n) is 5.44. The number of rotatable bonds is 5. The summed E-state index contributed by atoms with van der Waals surface area (Å²) < 4.78 is 5.40. The smallest absolute Gasteiger partial charge is 0.252 e. The lowest BCUT2D eigenvalue weighted by Gasteiger charge is -2.14. The highest BCUT2D eigenvalue weighted by Crippen LogP contribution is 2.25. The van der Waals surface area contributed by atoms with Gasteiger partial charge in [0.2, 0.25) is 0 Å². The van der Waals surface area contributed by atoms with E-state index in [2.05, 4.69) is 10.3 Å². The van der Waals surface area contributed by atoms with Crippen LogP contribution in [-0.2, 0) is 0 Å². The van der Waals surface area contributed by atoms with Gasteiger partial charge in [0.05, 0.1) is 17.3 Å². The summed E-state index contributed by atoms with van der Waals surface area (Å²) in [6.07, 6.45) is 2.09. The molecular formula is C18H18N2O3. The second kappa shape index (κ2) is 6.62. The van der Waals surface area contributed by atoms with Crippen molar-refractivity contribution in [1.82, 2.24) is 10.3 Å². The van der Waals surface area contributed by atoms with Gasteiger partial charge in [-0.05, 0) is 37.6 Å². The fourth-order valence-corrected chi connectivity index (χ4v) is 2.48. The van der Waals surface area contributed by atoms with Crippen LogP contribution in [0.1, 0.15) is 23.7 Å². The molecule has 5 heteroatoms. The number of nitrogens with one attached hydrogen (secondary N) is 1. The minimum Gasteiger partial charge on any atom is -0.463 e. The molecule has 2 aromatic heterocycles. The number of hydrogen-bond acceptors (Lipinski definition) is 4. The van der Waals surface area contributed by atoms with E-state index in [4.69, 9.17) is 9.52 Å². The van der Waals surface area contributed by atoms with Crippen LogP contribution in [0, 0.1) is 0 Å². The maximum Gasteiger partial charge on any atom is 0.252 e. The number of aliphatic hydroxyl groups excluding tert-OH is 1. The van der Waals surface area contributed by atoms with Crippen molar-refractivity contribution in [2.75, 3.05) is 6.61 Å². The summed E-state index contributed by atoms with van der Waals surface area (Å²) in [6, 6.07) is 12.7. The Hall–Kier alpha value is -2.66. The van der Waals surface area contributed by atoms with Gasteiger partial charge in [0.1, 0.15) is 5.69 Å². The first-order valence-electron chi connectivity index (χ1n) is 7.54. The number of carbonyl (C=O) groups is 1. The zero-order chi connectivity index (χ0) is 16.2. The molecule has 3 rings (SSSR count). The van der Waals surface area contributed by atoms with E-state index in [1.54, 1.807) is 18.4 Å². The summed E-state index contributed by atoms with van der Waals surface area (Å²) in [7, 11) is 0. The lowest BCUT2D eigenvalue weighted by atomic mass is 10.1. The zero-order valence-electron chi connectivity index (χ0n) is 12.8. The Labute approximate surface area is 134 Å². The first-order valence-corrected chi connectivity index (χ1v) is 7.54. The molecular weight excluding hydrogens is 292 g/mol. The molecule has 0 fully saturated rings. The number of aromatic nitrogens is 1. The number of carbonyl (C=O) groups excluding carboxylic acids is 1. The van der Waals surface area contributed by atoms with Gasteiger partial charge in [-0.15, -0.1) is 0 Å². The van der Waals surface area contributed by atoms with Crippen molar-refractivity contribution in [2.24, 2.45) is 0 Å². The van der Waals surface area contributed by atoms with Crippen molar-refractivity contribution < 1.29 is 14.3 Å². The summed E-state index contributed by atoms with van der Waals surface area (Å²) in [5.74, 6) is 0.436. The quantitative estimate of drug-likeness (QED) is 0.759. The molecule has 118 valence electrons. The molecule has 0 radical (unpaired) electrons. The standard InChI is InChI=1S/C18H18N2O3/c1-12(8-9-21)19-18(22)14-11-16(17-7-4-10-23-17)20-15-6-3-2-5-13(14)15/h2-7,10-12,21H,8-9H2,1H3,(H,19,22). The topological polar surface area (TPSA) is 75.4 Å². The third kappa shape index (κ3) is 3.24. The van der Waals surface area contributed by atoms with E-state index in [0.29, 0.717) is 23.4 Å². The maximum atomic E-state index is 12.6. The Bertz CT molecular complexity index is 812. The Morgan fingerprint density at radius 3 is 2.87 bits per heavy atom. The van der Waals surface area contributed by atoms with Gasteiger partial charge in [-0.25, -0.2) is 4.98 Å². The van der Waals surface area contributed by atoms with E-state index >= 15 is 0 Å². The lowest BCUT2D eigenvalue weighted by Crippen LogP contribution is -2.33. The average molecular weight is 310 g/mol. The van der Waals surface area contributed by atoms with E-state index in [9.17, 15) is 4.79 Å². The van der Waals surface area contributed by atoms with E-state index in [1.807, 2.05) is 37.3 Å². The van der Waals surface area contributed by atoms with Crippen molar-refractivity contribution >= 4 is 16.8 Å². The minimum atomic E-state index is -0.183. The third-order valence-corrected chi connectivity index (χ3v) is 3.67. The summed E-state index contributed by atoms with van der Waals surface area (Å²) in [4.78, 5) is 17.2. The molecule has 1 amide bonds. The van der Waals surface area contributed by atoms with Crippen molar-refractivity contribution in [3.8, 4) is 11.5 Å². The Morgan fingerprint density at radius 1 is 1.30 bits per heavy atom. The number of fused-ring (bicyclic) bond motifs is 1. The molecule has 0 aliphatic heterocycles. The van der Waals surface area contributed by atoms with Crippen LogP contribution in [0.2, 0.25) is 0 Å². The molecule has 0 spiro atoms. The molecule has 23 heavy (non-hydrogen) atoms. The van der Waals surface area contributed by atoms with E-state index in [0.717, 1.165) is 10.9 Å². The van der Waals surface area contributed by atoms with Crippen molar-refractivity contribution in [3.05, 3.63) is 54.3 Å². The highest BCUT2D eigenvalue weighted by atomic mass is 16.3. The van der Waals surface area contributed by atoms with Crippen LogP contribution in [0.4, 0.5) is 0 Å². The monoisotopic (exact) mass is 310 g/mol. The van der Waals surface area contributed by atoms with Gasteiger partial charge in [0, 0.05) is 18.0 Å². The molecule has 1 unspecified atom stereocenters. The van der Waals surface area contributed by atoms with Crippen LogP contribution >= 0.6 is 0 Å². The zero-order valence-corrected chi connectivity index (χ0v) is 12.8. The predicted molar refractivity (Wildman–Crippen MR) is 88.1 cm³/mol. The molecule has 0 aliphatic rings. The lowest BCUT2D eigenvalue weighted by molar-refractivity contribution is 0.0936. The van der Waals surface area contributed by atoms with Crippen LogP contribution < -0.4 is 5.32 Å². The number of furan rings is 1. The van der Waals surface area contributed by atoms with E-state index < -0.39 is 0 Å². The summed E-state index contributed by atoms with van der Waals surface area (Å²) >= 11 is 0. The molecule has 1 atom stereocenters. The maximum absolute atomic E-state index is 12.6. The Balaban J connectivity index is 2.05. The van der Waals surface area contributed by atoms with Gasteiger partial charge < -0.3 is 14.8 Å². The summed E-state index contributed by atoms with van der Waals surface area (Å²) in [5, 5.41) is 12.7. The van der Waals surface area contributed by atoms with Crippen molar-refractivity contribution in [1.29, 1.82) is 0 Å². The number of hydrogen-bond donors (Lipinski definition) is 2. The summed E-state index contributed by atoms with van der Waals surface area (Å²) in [5.41, 5.74) is 1.90. The number of pyridine rings is 1. The van der Waals surface area contributed by atoms with E-state index in [-0.39, 0.29) is 18.6 Å². The molecule has 2 N–H and O–H groups in total. The molecule has 1 aromatic carbocycles. The average Bonchev–Trinajstić information content (AvgIpc) is 3.08. The SMILES string of the molecule is CC(CCO)NC(=O)c1cc(-c2ccco2)nc2ccccc12. The summed E-state index contributed by atoms with van der Waals surface area (Å²) in [6.45, 7) is 1.90. The Morgan fingerprint density at radius 2 is 2.13 bits per heavy atom. The number of para-hydroxylation sites is 1. The first-order chi connectivity index (χ1) is 11.2. The van der Waals surface area contributed by atoms with Gasteiger partial charge in [0.25, 0.3) is 5.91 Å². The second-order valence-corrected chi connectivity index (χ2v) is 5.44. The predicted octanol–water partition coefficient (Wildman–Crippen LogP) is 3.00. The van der Waals surface area contributed by atoms with Crippen LogP contribution in [0.15, 0.2) is 53.1 Å². The molecule has 2 heterocycles. The van der Waals surface area contributed by atoms with Crippen molar-refractivity contribution in [3.63, 3.8) is 0 Å². The highest BCUT2D eigenvalue weighted by molar-refractivity contribution is 6.07. The highest BCUT2D eigenvalue weighted by Gasteiger charge is 2.16. The van der Waals surface area contributed by atoms with Crippen LogP contribution in [0.5, 0.6) is 0 Å². The Kier molecular flexibility index (Phi) is 4.39. The normalized spacial score (nSPS) is 12.3. The molecule has 0 aliphatic carbocycles. The molecule has 0 bridgehead atoms. The number of nitrogens with zero attached hydrogens (tertiary/aromatic N) is 1.